The molecular weight excluding hydrogens is 272 g/mol. The maximum absolute atomic E-state index is 11.3. The molecule has 0 aliphatic carbocycles. The van der Waals surface area contributed by atoms with Gasteiger partial charge in [0.15, 0.2) is 18.5 Å². The topological polar surface area (TPSA) is 82.5 Å². The van der Waals surface area contributed by atoms with E-state index in [1.165, 1.54) is 6.92 Å². The van der Waals surface area contributed by atoms with E-state index in [1.54, 1.807) is 29.1 Å². The number of primary amides is 1. The van der Waals surface area contributed by atoms with E-state index in [2.05, 4.69) is 0 Å². The predicted molar refractivity (Wildman–Crippen MR) is 74.1 cm³/mol. The van der Waals surface area contributed by atoms with Gasteiger partial charge in [-0.05, 0) is 12.5 Å². The third kappa shape index (κ3) is 3.21. The van der Waals surface area contributed by atoms with Gasteiger partial charge in [-0.15, -0.1) is 0 Å². The van der Waals surface area contributed by atoms with E-state index in [0.717, 1.165) is 6.42 Å². The highest BCUT2D eigenvalue weighted by molar-refractivity contribution is 5.92. The number of carbonyl (C=O) groups excluding carboxylic acids is 2. The van der Waals surface area contributed by atoms with Gasteiger partial charge in [0.05, 0.1) is 6.10 Å². The van der Waals surface area contributed by atoms with Gasteiger partial charge in [-0.3, -0.25) is 9.59 Å². The Balaban J connectivity index is 2.33. The lowest BCUT2D eigenvalue weighted by molar-refractivity contribution is -0.765. The van der Waals surface area contributed by atoms with E-state index in [0.29, 0.717) is 5.56 Å². The summed E-state index contributed by atoms with van der Waals surface area (Å²) in [5.41, 5.74) is 5.68. The summed E-state index contributed by atoms with van der Waals surface area (Å²) in [6, 6.07) is 3.35. The van der Waals surface area contributed by atoms with Crippen LogP contribution in [0.2, 0.25) is 0 Å². The lowest BCUT2D eigenvalue weighted by Gasteiger charge is -2.17. The SMILES string of the molecule is CC[C@H]1O[C@@H]([n+]2cccc(C(N)=O)c2)[C@@H](OC(C)=O)C1C. The number of nitrogens with two attached hydrogens (primary N) is 1. The molecule has 114 valence electrons. The summed E-state index contributed by atoms with van der Waals surface area (Å²) in [7, 11) is 0. The number of rotatable bonds is 4. The Kier molecular flexibility index (Phi) is 4.57. The number of hydrogen-bond donors (Lipinski definition) is 1. The van der Waals surface area contributed by atoms with Crippen molar-refractivity contribution in [3.63, 3.8) is 0 Å². The van der Waals surface area contributed by atoms with Crippen molar-refractivity contribution in [3.8, 4) is 0 Å². The molecule has 0 saturated carbocycles. The van der Waals surface area contributed by atoms with E-state index >= 15 is 0 Å². The molecule has 0 spiro atoms. The largest absolute Gasteiger partial charge is 0.452 e. The van der Waals surface area contributed by atoms with Gasteiger partial charge in [0, 0.05) is 18.9 Å². The second-order valence-electron chi connectivity index (χ2n) is 5.31. The van der Waals surface area contributed by atoms with Crippen LogP contribution >= 0.6 is 0 Å². The van der Waals surface area contributed by atoms with Gasteiger partial charge in [0.1, 0.15) is 5.56 Å². The highest BCUT2D eigenvalue weighted by atomic mass is 16.6. The van der Waals surface area contributed by atoms with Crippen molar-refractivity contribution in [2.45, 2.75) is 45.6 Å². The molecule has 1 aliphatic rings. The summed E-state index contributed by atoms with van der Waals surface area (Å²) in [5, 5.41) is 0. The zero-order chi connectivity index (χ0) is 15.6. The minimum Gasteiger partial charge on any atom is -0.452 e. The Morgan fingerprint density at radius 1 is 1.48 bits per heavy atom. The van der Waals surface area contributed by atoms with Crippen LogP contribution < -0.4 is 10.3 Å². The minimum atomic E-state index is -0.508. The molecule has 2 rings (SSSR count). The number of nitrogens with zero attached hydrogens (tertiary/aromatic N) is 1. The van der Waals surface area contributed by atoms with Crippen LogP contribution in [-0.4, -0.2) is 24.1 Å². The molecule has 1 fully saturated rings. The first-order valence-corrected chi connectivity index (χ1v) is 7.07. The van der Waals surface area contributed by atoms with Crippen molar-refractivity contribution < 1.29 is 23.6 Å². The molecule has 21 heavy (non-hydrogen) atoms. The molecular formula is C15H21N2O4+. The molecule has 4 atom stereocenters. The van der Waals surface area contributed by atoms with Crippen LogP contribution in [0.4, 0.5) is 0 Å². The fourth-order valence-corrected chi connectivity index (χ4v) is 2.71. The maximum atomic E-state index is 11.3. The van der Waals surface area contributed by atoms with Crippen LogP contribution in [0.15, 0.2) is 24.5 Å². The molecule has 0 aromatic carbocycles. The number of hydrogen-bond acceptors (Lipinski definition) is 4. The van der Waals surface area contributed by atoms with Crippen LogP contribution in [0.3, 0.4) is 0 Å². The van der Waals surface area contributed by atoms with E-state index in [9.17, 15) is 9.59 Å². The number of carbonyl (C=O) groups is 2. The standard InChI is InChI=1S/C15H20N2O4/c1-4-12-9(2)13(20-10(3)18)15(21-12)17-7-5-6-11(8-17)14(16)19/h5-9,12-13,15H,4H2,1-3H3,(H-,16,19)/p+1/t9?,12-,13+,15-/m1/s1. The lowest BCUT2D eigenvalue weighted by atomic mass is 9.98. The first-order chi connectivity index (χ1) is 9.93. The number of aromatic nitrogens is 1. The molecule has 2 heterocycles. The Morgan fingerprint density at radius 3 is 2.76 bits per heavy atom. The lowest BCUT2D eigenvalue weighted by Crippen LogP contribution is -2.46. The summed E-state index contributed by atoms with van der Waals surface area (Å²) in [4.78, 5) is 22.6. The summed E-state index contributed by atoms with van der Waals surface area (Å²) in [5.74, 6) is -0.774. The summed E-state index contributed by atoms with van der Waals surface area (Å²) < 4.78 is 13.1. The Bertz CT molecular complexity index is 546. The third-order valence-corrected chi connectivity index (χ3v) is 3.80. The zero-order valence-electron chi connectivity index (χ0n) is 12.5. The molecule has 1 aromatic rings. The van der Waals surface area contributed by atoms with Crippen molar-refractivity contribution in [2.75, 3.05) is 0 Å². The van der Waals surface area contributed by atoms with Crippen LogP contribution in [0.1, 0.15) is 43.8 Å². The highest BCUT2D eigenvalue weighted by Crippen LogP contribution is 2.34. The monoisotopic (exact) mass is 293 g/mol. The maximum Gasteiger partial charge on any atom is 0.303 e. The van der Waals surface area contributed by atoms with Crippen LogP contribution in [0, 0.1) is 5.92 Å². The van der Waals surface area contributed by atoms with Crippen LogP contribution in [0.5, 0.6) is 0 Å². The fraction of sp³-hybridized carbons (Fsp3) is 0.533. The van der Waals surface area contributed by atoms with Gasteiger partial charge in [0.2, 0.25) is 0 Å². The Labute approximate surface area is 123 Å². The molecule has 1 unspecified atom stereocenters. The fourth-order valence-electron chi connectivity index (χ4n) is 2.71. The molecule has 1 aliphatic heterocycles. The molecule has 0 radical (unpaired) electrons. The van der Waals surface area contributed by atoms with Crippen molar-refractivity contribution in [2.24, 2.45) is 11.7 Å². The van der Waals surface area contributed by atoms with Crippen molar-refractivity contribution in [3.05, 3.63) is 30.1 Å². The second-order valence-corrected chi connectivity index (χ2v) is 5.31. The summed E-state index contributed by atoms with van der Waals surface area (Å²) in [6.45, 7) is 5.41. The summed E-state index contributed by atoms with van der Waals surface area (Å²) >= 11 is 0. The van der Waals surface area contributed by atoms with E-state index in [-0.39, 0.29) is 24.1 Å². The quantitative estimate of drug-likeness (QED) is 0.662. The van der Waals surface area contributed by atoms with Crippen LogP contribution in [0.25, 0.3) is 0 Å². The van der Waals surface area contributed by atoms with Crippen molar-refractivity contribution >= 4 is 11.9 Å². The Morgan fingerprint density at radius 2 is 2.19 bits per heavy atom. The number of amides is 1. The van der Waals surface area contributed by atoms with Crippen molar-refractivity contribution in [1.82, 2.24) is 0 Å². The van der Waals surface area contributed by atoms with Crippen molar-refractivity contribution in [1.29, 1.82) is 0 Å². The van der Waals surface area contributed by atoms with Gasteiger partial charge in [-0.1, -0.05) is 13.8 Å². The predicted octanol–water partition coefficient (Wildman–Crippen LogP) is 0.948. The van der Waals surface area contributed by atoms with Crippen LogP contribution in [-0.2, 0) is 14.3 Å². The average Bonchev–Trinajstić information content (AvgIpc) is 2.75. The molecule has 2 N–H and O–H groups in total. The molecule has 6 nitrogen and oxygen atoms in total. The number of ether oxygens (including phenoxy) is 2. The average molecular weight is 293 g/mol. The van der Waals surface area contributed by atoms with Gasteiger partial charge in [0.25, 0.3) is 5.91 Å². The van der Waals surface area contributed by atoms with Gasteiger partial charge < -0.3 is 15.2 Å². The van der Waals surface area contributed by atoms with E-state index < -0.39 is 12.1 Å². The number of esters is 1. The zero-order valence-corrected chi connectivity index (χ0v) is 12.5. The highest BCUT2D eigenvalue weighted by Gasteiger charge is 2.48. The smallest absolute Gasteiger partial charge is 0.303 e. The van der Waals surface area contributed by atoms with Gasteiger partial charge in [-0.2, -0.15) is 4.57 Å². The van der Waals surface area contributed by atoms with Gasteiger partial charge in [-0.25, -0.2) is 0 Å². The molecule has 1 amide bonds. The molecule has 6 heteroatoms. The first kappa shape index (κ1) is 15.4. The normalized spacial score (nSPS) is 28.3. The second kappa shape index (κ2) is 6.22. The Hall–Kier alpha value is -1.95. The van der Waals surface area contributed by atoms with Gasteiger partial charge >= 0.3 is 12.2 Å². The molecule has 1 saturated heterocycles. The minimum absolute atomic E-state index is 0.00378. The van der Waals surface area contributed by atoms with E-state index in [4.69, 9.17) is 15.2 Å². The van der Waals surface area contributed by atoms with E-state index in [1.807, 2.05) is 13.8 Å². The summed E-state index contributed by atoms with van der Waals surface area (Å²) in [6.07, 6.45) is 3.38. The molecule has 1 aromatic heterocycles. The molecule has 0 bridgehead atoms. The third-order valence-electron chi connectivity index (χ3n) is 3.80. The first-order valence-electron chi connectivity index (χ1n) is 7.07. The number of pyridine rings is 1.